The van der Waals surface area contributed by atoms with Gasteiger partial charge in [0.25, 0.3) is 0 Å². The largest absolute Gasteiger partial charge is 0.411 e. The Labute approximate surface area is 119 Å². The van der Waals surface area contributed by atoms with E-state index in [0.29, 0.717) is 25.2 Å². The number of carbonyl (C=O) groups excluding carboxylic acids is 1. The van der Waals surface area contributed by atoms with Crippen LogP contribution in [-0.2, 0) is 4.79 Å². The number of carbonyl (C=O) groups is 1. The summed E-state index contributed by atoms with van der Waals surface area (Å²) < 4.78 is 0. The zero-order valence-electron chi connectivity index (χ0n) is 12.2. The van der Waals surface area contributed by atoms with Crippen LogP contribution in [0.3, 0.4) is 0 Å². The summed E-state index contributed by atoms with van der Waals surface area (Å²) in [6.07, 6.45) is 0.635. The highest BCUT2D eigenvalue weighted by molar-refractivity contribution is 6.07. The Kier molecular flexibility index (Phi) is 3.97. The molecule has 0 unspecified atom stereocenters. The third-order valence-corrected chi connectivity index (χ3v) is 3.14. The summed E-state index contributed by atoms with van der Waals surface area (Å²) in [4.78, 5) is 14.1. The molecule has 108 valence electrons. The van der Waals surface area contributed by atoms with Crippen LogP contribution in [0.15, 0.2) is 29.4 Å². The maximum Gasteiger partial charge on any atom is 0.239 e. The molecule has 0 saturated heterocycles. The standard InChI is InChI=1S/C15H21N3O2/c1-15(2,3)16-14(19)10-18-9-8-12(17-20)11-6-4-5-7-13(11)18/h4-7,20H,8-10H2,1-3H3,(H,16,19). The molecule has 1 aromatic carbocycles. The molecule has 20 heavy (non-hydrogen) atoms. The fourth-order valence-electron chi connectivity index (χ4n) is 2.39. The SMILES string of the molecule is CC(C)(C)NC(=O)CN1CCC(=NO)c2ccccc21. The monoisotopic (exact) mass is 275 g/mol. The van der Waals surface area contributed by atoms with E-state index in [-0.39, 0.29) is 11.4 Å². The van der Waals surface area contributed by atoms with Gasteiger partial charge in [0.15, 0.2) is 0 Å². The first-order chi connectivity index (χ1) is 9.40. The van der Waals surface area contributed by atoms with Crippen LogP contribution in [0.5, 0.6) is 0 Å². The maximum atomic E-state index is 12.1. The number of oxime groups is 1. The lowest BCUT2D eigenvalue weighted by Gasteiger charge is -2.32. The molecule has 0 fully saturated rings. The van der Waals surface area contributed by atoms with E-state index in [4.69, 9.17) is 5.21 Å². The molecule has 1 aliphatic heterocycles. The number of para-hydroxylation sites is 1. The van der Waals surface area contributed by atoms with E-state index in [1.807, 2.05) is 49.9 Å². The quantitative estimate of drug-likeness (QED) is 0.641. The van der Waals surface area contributed by atoms with Crippen LogP contribution < -0.4 is 10.2 Å². The second-order valence-corrected chi connectivity index (χ2v) is 6.03. The van der Waals surface area contributed by atoms with Crippen LogP contribution in [0.25, 0.3) is 0 Å². The molecule has 1 aromatic rings. The number of fused-ring (bicyclic) bond motifs is 1. The summed E-state index contributed by atoms with van der Waals surface area (Å²) in [5.74, 6) is -0.00306. The average Bonchev–Trinajstić information content (AvgIpc) is 2.37. The third-order valence-electron chi connectivity index (χ3n) is 3.14. The number of anilines is 1. The van der Waals surface area contributed by atoms with Gasteiger partial charge >= 0.3 is 0 Å². The topological polar surface area (TPSA) is 64.9 Å². The minimum atomic E-state index is -0.232. The van der Waals surface area contributed by atoms with Gasteiger partial charge in [-0.2, -0.15) is 0 Å². The van der Waals surface area contributed by atoms with Gasteiger partial charge in [-0.25, -0.2) is 0 Å². The minimum absolute atomic E-state index is 0.00306. The fourth-order valence-corrected chi connectivity index (χ4v) is 2.39. The molecule has 0 atom stereocenters. The number of rotatable bonds is 2. The van der Waals surface area contributed by atoms with Gasteiger partial charge < -0.3 is 15.4 Å². The van der Waals surface area contributed by atoms with Crippen LogP contribution in [-0.4, -0.2) is 35.5 Å². The van der Waals surface area contributed by atoms with Crippen molar-refractivity contribution in [3.63, 3.8) is 0 Å². The summed E-state index contributed by atoms with van der Waals surface area (Å²) in [6, 6.07) is 7.69. The lowest BCUT2D eigenvalue weighted by atomic mass is 9.99. The molecule has 5 heteroatoms. The fraction of sp³-hybridized carbons (Fsp3) is 0.467. The van der Waals surface area contributed by atoms with Crippen molar-refractivity contribution >= 4 is 17.3 Å². The summed E-state index contributed by atoms with van der Waals surface area (Å²) in [7, 11) is 0. The van der Waals surface area contributed by atoms with E-state index in [1.165, 1.54) is 0 Å². The highest BCUT2D eigenvalue weighted by atomic mass is 16.4. The molecule has 5 nitrogen and oxygen atoms in total. The van der Waals surface area contributed by atoms with Gasteiger partial charge in [0.2, 0.25) is 5.91 Å². The van der Waals surface area contributed by atoms with Gasteiger partial charge in [-0.15, -0.1) is 0 Å². The Morgan fingerprint density at radius 1 is 1.40 bits per heavy atom. The van der Waals surface area contributed by atoms with Crippen molar-refractivity contribution in [2.45, 2.75) is 32.7 Å². The average molecular weight is 275 g/mol. The number of nitrogens with one attached hydrogen (secondary N) is 1. The van der Waals surface area contributed by atoms with Crippen molar-refractivity contribution in [1.82, 2.24) is 5.32 Å². The lowest BCUT2D eigenvalue weighted by Crippen LogP contribution is -2.47. The normalized spacial score (nSPS) is 16.9. The molecular formula is C15H21N3O2. The van der Waals surface area contributed by atoms with Crippen LogP contribution in [0, 0.1) is 0 Å². The van der Waals surface area contributed by atoms with Crippen molar-refractivity contribution in [2.75, 3.05) is 18.0 Å². The Morgan fingerprint density at radius 2 is 2.10 bits per heavy atom. The summed E-state index contributed by atoms with van der Waals surface area (Å²) in [5.41, 5.74) is 2.28. The number of benzene rings is 1. The number of amides is 1. The van der Waals surface area contributed by atoms with E-state index < -0.39 is 0 Å². The second-order valence-electron chi connectivity index (χ2n) is 6.03. The van der Waals surface area contributed by atoms with Crippen molar-refractivity contribution in [1.29, 1.82) is 0 Å². The number of hydrogen-bond acceptors (Lipinski definition) is 4. The van der Waals surface area contributed by atoms with Crippen molar-refractivity contribution in [3.05, 3.63) is 29.8 Å². The van der Waals surface area contributed by atoms with E-state index in [0.717, 1.165) is 11.3 Å². The molecule has 0 radical (unpaired) electrons. The number of nitrogens with zero attached hydrogens (tertiary/aromatic N) is 2. The molecule has 1 aliphatic rings. The van der Waals surface area contributed by atoms with Crippen LogP contribution in [0.4, 0.5) is 5.69 Å². The Balaban J connectivity index is 2.17. The molecule has 1 heterocycles. The Bertz CT molecular complexity index is 532. The van der Waals surface area contributed by atoms with Crippen molar-refractivity contribution < 1.29 is 10.0 Å². The Hall–Kier alpha value is -2.04. The van der Waals surface area contributed by atoms with Gasteiger partial charge in [-0.3, -0.25) is 4.79 Å². The highest BCUT2D eigenvalue weighted by Gasteiger charge is 2.24. The minimum Gasteiger partial charge on any atom is -0.411 e. The van der Waals surface area contributed by atoms with Gasteiger partial charge in [-0.05, 0) is 26.8 Å². The van der Waals surface area contributed by atoms with E-state index in [9.17, 15) is 4.79 Å². The van der Waals surface area contributed by atoms with Gasteiger partial charge in [0, 0.05) is 29.8 Å². The van der Waals surface area contributed by atoms with Gasteiger partial charge in [0.1, 0.15) is 0 Å². The lowest BCUT2D eigenvalue weighted by molar-refractivity contribution is -0.121. The predicted octanol–water partition coefficient (Wildman–Crippen LogP) is 1.99. The van der Waals surface area contributed by atoms with Crippen LogP contribution in [0.2, 0.25) is 0 Å². The van der Waals surface area contributed by atoms with E-state index >= 15 is 0 Å². The molecule has 0 aromatic heterocycles. The zero-order valence-corrected chi connectivity index (χ0v) is 12.2. The maximum absolute atomic E-state index is 12.1. The van der Waals surface area contributed by atoms with E-state index in [2.05, 4.69) is 10.5 Å². The summed E-state index contributed by atoms with van der Waals surface area (Å²) >= 11 is 0. The predicted molar refractivity (Wildman–Crippen MR) is 79.5 cm³/mol. The first-order valence-corrected chi connectivity index (χ1v) is 6.77. The van der Waals surface area contributed by atoms with Crippen LogP contribution in [0.1, 0.15) is 32.8 Å². The first kappa shape index (κ1) is 14.4. The van der Waals surface area contributed by atoms with E-state index in [1.54, 1.807) is 0 Å². The third kappa shape index (κ3) is 3.29. The van der Waals surface area contributed by atoms with Crippen molar-refractivity contribution in [2.24, 2.45) is 5.16 Å². The zero-order chi connectivity index (χ0) is 14.8. The Morgan fingerprint density at radius 3 is 2.75 bits per heavy atom. The van der Waals surface area contributed by atoms with Gasteiger partial charge in [-0.1, -0.05) is 23.4 Å². The molecule has 2 rings (SSSR count). The van der Waals surface area contributed by atoms with Crippen LogP contribution >= 0.6 is 0 Å². The molecule has 2 N–H and O–H groups in total. The highest BCUT2D eigenvalue weighted by Crippen LogP contribution is 2.26. The molecule has 0 spiro atoms. The van der Waals surface area contributed by atoms with Gasteiger partial charge in [0.05, 0.1) is 12.3 Å². The second kappa shape index (κ2) is 5.53. The molecule has 0 aliphatic carbocycles. The molecule has 1 amide bonds. The molecule has 0 saturated carbocycles. The van der Waals surface area contributed by atoms with Crippen molar-refractivity contribution in [3.8, 4) is 0 Å². The molecular weight excluding hydrogens is 254 g/mol. The summed E-state index contributed by atoms with van der Waals surface area (Å²) in [6.45, 7) is 6.88. The summed E-state index contributed by atoms with van der Waals surface area (Å²) in [5, 5.41) is 15.4. The smallest absolute Gasteiger partial charge is 0.239 e. The molecule has 0 bridgehead atoms. The first-order valence-electron chi connectivity index (χ1n) is 6.77. The number of hydrogen-bond donors (Lipinski definition) is 2.